The van der Waals surface area contributed by atoms with Crippen LogP contribution in [0.2, 0.25) is 0 Å². The summed E-state index contributed by atoms with van der Waals surface area (Å²) >= 11 is 0. The first-order chi connectivity index (χ1) is 11.9. The summed E-state index contributed by atoms with van der Waals surface area (Å²) in [6.07, 6.45) is 14.2. The van der Waals surface area contributed by atoms with Crippen molar-refractivity contribution in [2.45, 2.75) is 19.3 Å². The summed E-state index contributed by atoms with van der Waals surface area (Å²) in [5.74, 6) is 0. The van der Waals surface area contributed by atoms with Crippen molar-refractivity contribution in [2.75, 3.05) is 0 Å². The van der Waals surface area contributed by atoms with Crippen LogP contribution in [0.5, 0.6) is 0 Å². The van der Waals surface area contributed by atoms with E-state index in [2.05, 4.69) is 84.2 Å². The highest BCUT2D eigenvalue weighted by Crippen LogP contribution is 2.33. The third-order valence-corrected chi connectivity index (χ3v) is 4.65. The summed E-state index contributed by atoms with van der Waals surface area (Å²) in [7, 11) is 0. The number of nitrogens with one attached hydrogen (secondary N) is 1. The Morgan fingerprint density at radius 1 is 0.792 bits per heavy atom. The fraction of sp³-hybridized carbons (Fsp3) is 0.130. The standard InChI is InChI=1S/C23H21N/c1-2-8-18(9-3-1)10-6-12-19-13-7-15-22(19)23-21-14-5-4-11-20(21)16-17-24-23/h1-5,7-9,11,13-17,24H,6,10,12H2/b23-22+. The van der Waals surface area contributed by atoms with Crippen molar-refractivity contribution in [1.29, 1.82) is 0 Å². The zero-order chi connectivity index (χ0) is 16.2. The predicted octanol–water partition coefficient (Wildman–Crippen LogP) is 5.49. The van der Waals surface area contributed by atoms with Crippen LogP contribution in [0.25, 0.3) is 11.8 Å². The van der Waals surface area contributed by atoms with E-state index in [1.54, 1.807) is 0 Å². The molecule has 4 rings (SSSR count). The number of hydrogen-bond acceptors (Lipinski definition) is 1. The lowest BCUT2D eigenvalue weighted by Gasteiger charge is -2.19. The Kier molecular flexibility index (Phi) is 4.16. The van der Waals surface area contributed by atoms with Gasteiger partial charge in [-0.15, -0.1) is 0 Å². The van der Waals surface area contributed by atoms with Gasteiger partial charge in [0.1, 0.15) is 0 Å². The van der Waals surface area contributed by atoms with Crippen molar-refractivity contribution in [3.63, 3.8) is 0 Å². The maximum atomic E-state index is 3.46. The third kappa shape index (κ3) is 2.98. The quantitative estimate of drug-likeness (QED) is 0.787. The molecule has 1 N–H and O–H groups in total. The van der Waals surface area contributed by atoms with Crippen molar-refractivity contribution in [3.8, 4) is 0 Å². The fourth-order valence-electron chi connectivity index (χ4n) is 3.43. The van der Waals surface area contributed by atoms with Crippen LogP contribution in [-0.4, -0.2) is 0 Å². The average Bonchev–Trinajstić information content (AvgIpc) is 3.10. The molecule has 0 atom stereocenters. The first-order valence-electron chi connectivity index (χ1n) is 8.60. The highest BCUT2D eigenvalue weighted by Gasteiger charge is 2.17. The molecule has 118 valence electrons. The SMILES string of the molecule is C1=C/C(=C2\NC=Cc3ccccc32)C(CCCc2ccccc2)=C1. The van der Waals surface area contributed by atoms with Gasteiger partial charge < -0.3 is 5.32 Å². The number of allylic oxidation sites excluding steroid dienone is 5. The molecule has 0 unspecified atom stereocenters. The van der Waals surface area contributed by atoms with Crippen LogP contribution in [0.15, 0.2) is 90.2 Å². The van der Waals surface area contributed by atoms with Gasteiger partial charge in [-0.1, -0.05) is 72.8 Å². The molecule has 0 fully saturated rings. The van der Waals surface area contributed by atoms with Crippen LogP contribution in [0, 0.1) is 0 Å². The molecule has 0 saturated heterocycles. The highest BCUT2D eigenvalue weighted by molar-refractivity contribution is 5.83. The summed E-state index contributed by atoms with van der Waals surface area (Å²) in [6.45, 7) is 0. The van der Waals surface area contributed by atoms with E-state index in [9.17, 15) is 0 Å². The second-order valence-electron chi connectivity index (χ2n) is 6.24. The molecule has 0 radical (unpaired) electrons. The van der Waals surface area contributed by atoms with Gasteiger partial charge in [0.05, 0.1) is 5.70 Å². The Balaban J connectivity index is 1.53. The lowest BCUT2D eigenvalue weighted by Crippen LogP contribution is -2.12. The molecule has 0 saturated carbocycles. The fourth-order valence-corrected chi connectivity index (χ4v) is 3.43. The van der Waals surface area contributed by atoms with E-state index in [1.165, 1.54) is 40.0 Å². The van der Waals surface area contributed by atoms with E-state index in [4.69, 9.17) is 0 Å². The second-order valence-corrected chi connectivity index (χ2v) is 6.24. The third-order valence-electron chi connectivity index (χ3n) is 4.65. The molecule has 2 aromatic rings. The molecule has 1 heterocycles. The highest BCUT2D eigenvalue weighted by atomic mass is 14.9. The van der Waals surface area contributed by atoms with Gasteiger partial charge in [0.15, 0.2) is 0 Å². The largest absolute Gasteiger partial charge is 0.361 e. The monoisotopic (exact) mass is 311 g/mol. The van der Waals surface area contributed by atoms with E-state index in [0.717, 1.165) is 12.8 Å². The van der Waals surface area contributed by atoms with Crippen LogP contribution in [0.3, 0.4) is 0 Å². The zero-order valence-electron chi connectivity index (χ0n) is 13.7. The Morgan fingerprint density at radius 3 is 2.54 bits per heavy atom. The first-order valence-corrected chi connectivity index (χ1v) is 8.60. The second kappa shape index (κ2) is 6.76. The maximum Gasteiger partial charge on any atom is 0.0535 e. The van der Waals surface area contributed by atoms with Crippen molar-refractivity contribution in [3.05, 3.63) is 107 Å². The number of benzene rings is 2. The van der Waals surface area contributed by atoms with Crippen molar-refractivity contribution in [1.82, 2.24) is 5.32 Å². The van der Waals surface area contributed by atoms with Crippen LogP contribution in [0.1, 0.15) is 29.5 Å². The van der Waals surface area contributed by atoms with Gasteiger partial charge in [-0.25, -0.2) is 0 Å². The molecule has 1 aliphatic carbocycles. The number of rotatable bonds is 4. The van der Waals surface area contributed by atoms with E-state index in [0.29, 0.717) is 0 Å². The number of aryl methyl sites for hydroxylation is 1. The van der Waals surface area contributed by atoms with Crippen LogP contribution >= 0.6 is 0 Å². The van der Waals surface area contributed by atoms with Gasteiger partial charge in [0, 0.05) is 17.3 Å². The van der Waals surface area contributed by atoms with Crippen LogP contribution < -0.4 is 5.32 Å². The minimum absolute atomic E-state index is 1.11. The molecule has 0 bridgehead atoms. The molecule has 0 spiro atoms. The Hall–Kier alpha value is -2.80. The summed E-state index contributed by atoms with van der Waals surface area (Å²) in [6, 6.07) is 19.3. The average molecular weight is 311 g/mol. The molecule has 0 aromatic heterocycles. The minimum atomic E-state index is 1.11. The Labute approximate surface area is 143 Å². The molecule has 2 aromatic carbocycles. The van der Waals surface area contributed by atoms with E-state index < -0.39 is 0 Å². The summed E-state index contributed by atoms with van der Waals surface area (Å²) in [4.78, 5) is 0. The first kappa shape index (κ1) is 14.8. The smallest absolute Gasteiger partial charge is 0.0535 e. The van der Waals surface area contributed by atoms with Gasteiger partial charge in [0.25, 0.3) is 0 Å². The summed E-state index contributed by atoms with van der Waals surface area (Å²) < 4.78 is 0. The predicted molar refractivity (Wildman–Crippen MR) is 102 cm³/mol. The van der Waals surface area contributed by atoms with Crippen LogP contribution in [0.4, 0.5) is 0 Å². The molecule has 24 heavy (non-hydrogen) atoms. The maximum absolute atomic E-state index is 3.46. The topological polar surface area (TPSA) is 12.0 Å². The summed E-state index contributed by atoms with van der Waals surface area (Å²) in [5, 5.41) is 3.46. The van der Waals surface area contributed by atoms with E-state index in [1.807, 2.05) is 6.20 Å². The van der Waals surface area contributed by atoms with E-state index in [-0.39, 0.29) is 0 Å². The van der Waals surface area contributed by atoms with Gasteiger partial charge in [0.2, 0.25) is 0 Å². The van der Waals surface area contributed by atoms with Crippen molar-refractivity contribution < 1.29 is 0 Å². The molecular weight excluding hydrogens is 290 g/mol. The molecule has 1 aliphatic heterocycles. The zero-order valence-corrected chi connectivity index (χ0v) is 13.7. The van der Waals surface area contributed by atoms with Gasteiger partial charge in [-0.2, -0.15) is 0 Å². The lowest BCUT2D eigenvalue weighted by atomic mass is 9.93. The lowest BCUT2D eigenvalue weighted by molar-refractivity contribution is 0.820. The Bertz CT molecular complexity index is 851. The number of fused-ring (bicyclic) bond motifs is 1. The van der Waals surface area contributed by atoms with Gasteiger partial charge >= 0.3 is 0 Å². The molecule has 1 heteroatoms. The van der Waals surface area contributed by atoms with Gasteiger partial charge in [-0.05, 0) is 42.0 Å². The number of hydrogen-bond donors (Lipinski definition) is 1. The summed E-state index contributed by atoms with van der Waals surface area (Å²) in [5.41, 5.74) is 7.98. The molecule has 1 nitrogen and oxygen atoms in total. The van der Waals surface area contributed by atoms with Crippen molar-refractivity contribution in [2.24, 2.45) is 0 Å². The Morgan fingerprint density at radius 2 is 1.62 bits per heavy atom. The molecular formula is C23H21N. The molecule has 2 aliphatic rings. The molecule has 0 amide bonds. The normalized spacial score (nSPS) is 18.2. The van der Waals surface area contributed by atoms with E-state index >= 15 is 0 Å². The van der Waals surface area contributed by atoms with Crippen LogP contribution in [-0.2, 0) is 6.42 Å². The minimum Gasteiger partial charge on any atom is -0.361 e. The van der Waals surface area contributed by atoms with Gasteiger partial charge in [-0.3, -0.25) is 0 Å². The van der Waals surface area contributed by atoms with Crippen molar-refractivity contribution >= 4 is 11.8 Å².